The van der Waals surface area contributed by atoms with Gasteiger partial charge >= 0.3 is 0 Å². The lowest BCUT2D eigenvalue weighted by molar-refractivity contribution is -0.429. The molecule has 1 aliphatic rings. The molecule has 0 spiro atoms. The number of hydrogen-bond acceptors (Lipinski definition) is 3. The molecule has 2 aromatic carbocycles. The molecule has 2 unspecified atom stereocenters. The first-order valence-corrected chi connectivity index (χ1v) is 8.44. The van der Waals surface area contributed by atoms with Gasteiger partial charge < -0.3 is 4.57 Å². The van der Waals surface area contributed by atoms with Crippen molar-refractivity contribution in [3.8, 4) is 0 Å². The van der Waals surface area contributed by atoms with E-state index in [2.05, 4.69) is 0 Å². The third-order valence-corrected chi connectivity index (χ3v) is 4.81. The van der Waals surface area contributed by atoms with E-state index in [4.69, 9.17) is 0 Å². The molecule has 27 heavy (non-hydrogen) atoms. The quantitative estimate of drug-likeness (QED) is 0.391. The van der Waals surface area contributed by atoms with Gasteiger partial charge in [0.15, 0.2) is 5.78 Å². The highest BCUT2D eigenvalue weighted by Crippen LogP contribution is 2.42. The van der Waals surface area contributed by atoms with E-state index in [1.165, 1.54) is 30.3 Å². The minimum atomic E-state index is -0.826. The van der Waals surface area contributed by atoms with Gasteiger partial charge in [0, 0.05) is 23.5 Å². The zero-order chi connectivity index (χ0) is 19.0. The Labute approximate surface area is 154 Å². The van der Waals surface area contributed by atoms with Gasteiger partial charge in [0.05, 0.1) is 4.92 Å². The number of ketones is 1. The normalized spacial score (nSPS) is 18.5. The van der Waals surface area contributed by atoms with Crippen LogP contribution in [0.3, 0.4) is 0 Å². The van der Waals surface area contributed by atoms with E-state index in [0.717, 1.165) is 0 Å². The van der Waals surface area contributed by atoms with Crippen LogP contribution in [0.2, 0.25) is 0 Å². The molecule has 0 bridgehead atoms. The molecule has 0 saturated heterocycles. The minimum Gasteiger partial charge on any atom is -0.336 e. The molecule has 0 radical (unpaired) electrons. The molecule has 1 aliphatic heterocycles. The summed E-state index contributed by atoms with van der Waals surface area (Å²) in [6.45, 7) is 0. The Morgan fingerprint density at radius 3 is 2.37 bits per heavy atom. The number of benzene rings is 2. The van der Waals surface area contributed by atoms with Crippen LogP contribution in [0.4, 0.5) is 4.39 Å². The molecule has 2 atom stereocenters. The number of fused-ring (bicyclic) bond motifs is 1. The third kappa shape index (κ3) is 2.95. The van der Waals surface area contributed by atoms with E-state index >= 15 is 0 Å². The maximum atomic E-state index is 13.4. The number of nitrogens with zero attached hydrogens (tertiary/aromatic N) is 2. The number of hydrogen-bond donors (Lipinski definition) is 0. The lowest BCUT2D eigenvalue weighted by atomic mass is 9.82. The topological polar surface area (TPSA) is 65.1 Å². The van der Waals surface area contributed by atoms with Crippen molar-refractivity contribution in [2.75, 3.05) is 0 Å². The van der Waals surface area contributed by atoms with E-state index < -0.39 is 22.7 Å². The standard InChI is InChI=1S/C21H15FN2O3/c22-16-10-8-14(9-11-16)19-18(24(26)27)13-17-7-4-12-23(17)20(19)21(25)15-5-2-1-3-6-15/h1-13,19-20H. The molecule has 0 amide bonds. The second-order valence-electron chi connectivity index (χ2n) is 6.37. The number of rotatable bonds is 4. The summed E-state index contributed by atoms with van der Waals surface area (Å²) >= 11 is 0. The fourth-order valence-corrected chi connectivity index (χ4v) is 3.59. The molecular weight excluding hydrogens is 347 g/mol. The van der Waals surface area contributed by atoms with E-state index in [1.54, 1.807) is 53.2 Å². The van der Waals surface area contributed by atoms with Crippen molar-refractivity contribution in [2.24, 2.45) is 0 Å². The molecule has 5 nitrogen and oxygen atoms in total. The number of aromatic nitrogens is 1. The first kappa shape index (κ1) is 16.9. The fraction of sp³-hybridized carbons (Fsp3) is 0.0952. The van der Waals surface area contributed by atoms with Crippen molar-refractivity contribution in [3.63, 3.8) is 0 Å². The van der Waals surface area contributed by atoms with Gasteiger partial charge in [-0.05, 0) is 29.8 Å². The summed E-state index contributed by atoms with van der Waals surface area (Å²) in [6, 6.07) is 16.9. The van der Waals surface area contributed by atoms with E-state index in [-0.39, 0.29) is 11.5 Å². The maximum absolute atomic E-state index is 13.4. The molecule has 0 aliphatic carbocycles. The summed E-state index contributed by atoms with van der Waals surface area (Å²) in [5, 5.41) is 11.8. The Hall–Kier alpha value is -3.54. The van der Waals surface area contributed by atoms with Crippen LogP contribution in [-0.2, 0) is 0 Å². The first-order valence-electron chi connectivity index (χ1n) is 8.44. The number of halogens is 1. The van der Waals surface area contributed by atoms with Crippen LogP contribution >= 0.6 is 0 Å². The Kier molecular flexibility index (Phi) is 4.16. The van der Waals surface area contributed by atoms with E-state index in [9.17, 15) is 19.3 Å². The molecule has 0 fully saturated rings. The Balaban J connectivity index is 1.91. The smallest absolute Gasteiger partial charge is 0.258 e. The third-order valence-electron chi connectivity index (χ3n) is 4.81. The highest BCUT2D eigenvalue weighted by atomic mass is 19.1. The van der Waals surface area contributed by atoms with Gasteiger partial charge in [0.2, 0.25) is 0 Å². The van der Waals surface area contributed by atoms with Crippen LogP contribution in [-0.4, -0.2) is 15.3 Å². The number of carbonyl (C=O) groups is 1. The van der Waals surface area contributed by atoms with Gasteiger partial charge in [-0.1, -0.05) is 42.5 Å². The molecular formula is C21H15FN2O3. The lowest BCUT2D eigenvalue weighted by Crippen LogP contribution is -2.32. The second-order valence-corrected chi connectivity index (χ2v) is 6.37. The second kappa shape index (κ2) is 6.64. The summed E-state index contributed by atoms with van der Waals surface area (Å²) in [5.74, 6) is -1.49. The first-order chi connectivity index (χ1) is 13.1. The van der Waals surface area contributed by atoms with Gasteiger partial charge in [-0.15, -0.1) is 0 Å². The fourth-order valence-electron chi connectivity index (χ4n) is 3.59. The van der Waals surface area contributed by atoms with Gasteiger partial charge in [-0.2, -0.15) is 0 Å². The van der Waals surface area contributed by atoms with Crippen molar-refractivity contribution in [1.82, 2.24) is 4.57 Å². The molecule has 2 heterocycles. The zero-order valence-electron chi connectivity index (χ0n) is 14.2. The Morgan fingerprint density at radius 1 is 1.00 bits per heavy atom. The van der Waals surface area contributed by atoms with Crippen molar-refractivity contribution in [3.05, 3.63) is 111 Å². The number of nitro groups is 1. The summed E-state index contributed by atoms with van der Waals surface area (Å²) in [6.07, 6.45) is 3.22. The molecule has 3 aromatic rings. The monoisotopic (exact) mass is 362 g/mol. The molecule has 0 saturated carbocycles. The number of allylic oxidation sites excluding steroid dienone is 1. The average molecular weight is 362 g/mol. The van der Waals surface area contributed by atoms with Crippen LogP contribution in [0, 0.1) is 15.9 Å². The lowest BCUT2D eigenvalue weighted by Gasteiger charge is -2.30. The number of Topliss-reactive ketones (excluding diaryl/α,β-unsaturated/α-hetero) is 1. The van der Waals surface area contributed by atoms with Crippen molar-refractivity contribution < 1.29 is 14.1 Å². The summed E-state index contributed by atoms with van der Waals surface area (Å²) in [7, 11) is 0. The number of carbonyl (C=O) groups excluding carboxylic acids is 1. The molecule has 1 aromatic heterocycles. The molecule has 0 N–H and O–H groups in total. The van der Waals surface area contributed by atoms with Gasteiger partial charge in [-0.25, -0.2) is 4.39 Å². The summed E-state index contributed by atoms with van der Waals surface area (Å²) in [5.41, 5.74) is 1.50. The van der Waals surface area contributed by atoms with Crippen molar-refractivity contribution in [2.45, 2.75) is 12.0 Å². The highest BCUT2D eigenvalue weighted by Gasteiger charge is 2.43. The highest BCUT2D eigenvalue weighted by molar-refractivity contribution is 6.00. The predicted molar refractivity (Wildman–Crippen MR) is 98.4 cm³/mol. The van der Waals surface area contributed by atoms with Crippen LogP contribution in [0.25, 0.3) is 6.08 Å². The van der Waals surface area contributed by atoms with E-state index in [0.29, 0.717) is 16.8 Å². The van der Waals surface area contributed by atoms with Gasteiger partial charge in [-0.3, -0.25) is 14.9 Å². The van der Waals surface area contributed by atoms with Crippen LogP contribution in [0.5, 0.6) is 0 Å². The SMILES string of the molecule is O=C(c1ccccc1)C1C(c2ccc(F)cc2)C([N+](=O)[O-])=Cc2cccn21. The Morgan fingerprint density at radius 2 is 1.70 bits per heavy atom. The van der Waals surface area contributed by atoms with Crippen molar-refractivity contribution >= 4 is 11.9 Å². The molecule has 6 heteroatoms. The largest absolute Gasteiger partial charge is 0.336 e. The summed E-state index contributed by atoms with van der Waals surface area (Å²) in [4.78, 5) is 24.7. The van der Waals surface area contributed by atoms with Gasteiger partial charge in [0.1, 0.15) is 17.8 Å². The van der Waals surface area contributed by atoms with Crippen LogP contribution < -0.4 is 0 Å². The Bertz CT molecular complexity index is 1040. The maximum Gasteiger partial charge on any atom is 0.258 e. The zero-order valence-corrected chi connectivity index (χ0v) is 14.2. The van der Waals surface area contributed by atoms with Gasteiger partial charge in [0.25, 0.3) is 5.70 Å². The molecule has 4 rings (SSSR count). The summed E-state index contributed by atoms with van der Waals surface area (Å²) < 4.78 is 15.1. The molecule has 134 valence electrons. The van der Waals surface area contributed by atoms with Crippen LogP contribution in [0.1, 0.15) is 33.6 Å². The van der Waals surface area contributed by atoms with Crippen LogP contribution in [0.15, 0.2) is 78.6 Å². The average Bonchev–Trinajstić information content (AvgIpc) is 3.15. The minimum absolute atomic E-state index is 0.0814. The predicted octanol–water partition coefficient (Wildman–Crippen LogP) is 4.47. The van der Waals surface area contributed by atoms with E-state index in [1.807, 2.05) is 0 Å². The van der Waals surface area contributed by atoms with Crippen molar-refractivity contribution in [1.29, 1.82) is 0 Å².